The van der Waals surface area contributed by atoms with Gasteiger partial charge in [0.05, 0.1) is 18.4 Å². The van der Waals surface area contributed by atoms with Gasteiger partial charge < -0.3 is 9.84 Å². The first-order chi connectivity index (χ1) is 5.33. The van der Waals surface area contributed by atoms with E-state index in [-0.39, 0.29) is 6.61 Å². The Morgan fingerprint density at radius 2 is 2.36 bits per heavy atom. The van der Waals surface area contributed by atoms with E-state index in [1.165, 1.54) is 12.4 Å². The van der Waals surface area contributed by atoms with Gasteiger partial charge in [-0.1, -0.05) is 0 Å². The van der Waals surface area contributed by atoms with Crippen molar-refractivity contribution in [2.24, 2.45) is 0 Å². The summed E-state index contributed by atoms with van der Waals surface area (Å²) in [7, 11) is 0. The Balaban J connectivity index is 2.65. The SMILES string of the molecule is O=C1Oc2cncc1c2CO. The predicted octanol–water partition coefficient (Wildman–Crippen LogP) is 0.106. The van der Waals surface area contributed by atoms with Crippen LogP contribution in [0.15, 0.2) is 12.4 Å². The van der Waals surface area contributed by atoms with E-state index in [0.717, 1.165) is 0 Å². The van der Waals surface area contributed by atoms with Crippen LogP contribution in [0.5, 0.6) is 5.75 Å². The van der Waals surface area contributed by atoms with E-state index in [4.69, 9.17) is 9.84 Å². The first-order valence-electron chi connectivity index (χ1n) is 3.13. The fourth-order valence-electron chi connectivity index (χ4n) is 1.05. The van der Waals surface area contributed by atoms with Crippen LogP contribution in [0.25, 0.3) is 0 Å². The number of fused-ring (bicyclic) bond motifs is 2. The molecule has 0 unspecified atom stereocenters. The summed E-state index contributed by atoms with van der Waals surface area (Å²) in [6.07, 6.45) is 2.81. The smallest absolute Gasteiger partial charge is 0.345 e. The fourth-order valence-corrected chi connectivity index (χ4v) is 1.05. The Morgan fingerprint density at radius 1 is 1.55 bits per heavy atom. The monoisotopic (exact) mass is 151 g/mol. The highest BCUT2D eigenvalue weighted by molar-refractivity contribution is 5.96. The van der Waals surface area contributed by atoms with Crippen LogP contribution in [0.2, 0.25) is 0 Å². The van der Waals surface area contributed by atoms with Gasteiger partial charge in [-0.25, -0.2) is 4.79 Å². The summed E-state index contributed by atoms with van der Waals surface area (Å²) in [4.78, 5) is 14.7. The summed E-state index contributed by atoms with van der Waals surface area (Å²) in [5, 5.41) is 8.80. The van der Waals surface area contributed by atoms with Gasteiger partial charge in [-0.05, 0) is 0 Å². The molecule has 1 aliphatic heterocycles. The average molecular weight is 151 g/mol. The standard InChI is InChI=1S/C7H5NO3/c9-3-5-4-1-8-2-6(5)11-7(4)10/h1-2,9H,3H2. The van der Waals surface area contributed by atoms with Gasteiger partial charge in [0.25, 0.3) is 0 Å². The number of hydrogen-bond acceptors (Lipinski definition) is 4. The molecule has 0 fully saturated rings. The molecule has 1 aromatic rings. The number of carbonyl (C=O) groups excluding carboxylic acids is 1. The molecular weight excluding hydrogens is 146 g/mol. The van der Waals surface area contributed by atoms with Crippen LogP contribution in [0.3, 0.4) is 0 Å². The lowest BCUT2D eigenvalue weighted by molar-refractivity contribution is 0.0755. The van der Waals surface area contributed by atoms with Crippen molar-refractivity contribution in [2.75, 3.05) is 0 Å². The number of pyridine rings is 1. The summed E-state index contributed by atoms with van der Waals surface area (Å²) in [6, 6.07) is 0. The maximum atomic E-state index is 10.9. The Bertz CT molecular complexity index is 321. The largest absolute Gasteiger partial charge is 0.421 e. The van der Waals surface area contributed by atoms with E-state index >= 15 is 0 Å². The van der Waals surface area contributed by atoms with Gasteiger partial charge in [0.2, 0.25) is 0 Å². The lowest BCUT2D eigenvalue weighted by atomic mass is 10.2. The normalized spacial score (nSPS) is 13.4. The number of nitrogens with zero attached hydrogens (tertiary/aromatic N) is 1. The number of aliphatic hydroxyl groups is 1. The van der Waals surface area contributed by atoms with Crippen LogP contribution in [-0.4, -0.2) is 16.1 Å². The van der Waals surface area contributed by atoms with E-state index in [9.17, 15) is 4.79 Å². The molecule has 0 atom stereocenters. The third-order valence-electron chi connectivity index (χ3n) is 1.60. The topological polar surface area (TPSA) is 59.4 Å². The van der Waals surface area contributed by atoms with Crippen LogP contribution in [0.4, 0.5) is 0 Å². The molecule has 1 aromatic heterocycles. The Labute approximate surface area is 62.4 Å². The van der Waals surface area contributed by atoms with Crippen molar-refractivity contribution >= 4 is 5.97 Å². The van der Waals surface area contributed by atoms with Crippen LogP contribution >= 0.6 is 0 Å². The van der Waals surface area contributed by atoms with Crippen molar-refractivity contribution in [3.8, 4) is 5.75 Å². The average Bonchev–Trinajstić information content (AvgIpc) is 2.17. The van der Waals surface area contributed by atoms with Crippen molar-refractivity contribution < 1.29 is 14.6 Å². The van der Waals surface area contributed by atoms with Crippen LogP contribution in [0.1, 0.15) is 15.9 Å². The summed E-state index contributed by atoms with van der Waals surface area (Å²) in [6.45, 7) is -0.182. The summed E-state index contributed by atoms with van der Waals surface area (Å²) in [5.41, 5.74) is 0.898. The zero-order valence-electron chi connectivity index (χ0n) is 5.57. The van der Waals surface area contributed by atoms with E-state index in [2.05, 4.69) is 4.98 Å². The summed E-state index contributed by atoms with van der Waals surface area (Å²) < 4.78 is 4.75. The molecule has 4 nitrogen and oxygen atoms in total. The lowest BCUT2D eigenvalue weighted by Crippen LogP contribution is -1.99. The maximum absolute atomic E-state index is 10.9. The Hall–Kier alpha value is -1.42. The zero-order valence-corrected chi connectivity index (χ0v) is 5.57. The van der Waals surface area contributed by atoms with Gasteiger partial charge in [0, 0.05) is 11.8 Å². The molecule has 0 saturated carbocycles. The highest BCUT2D eigenvalue weighted by Gasteiger charge is 2.25. The zero-order chi connectivity index (χ0) is 7.84. The van der Waals surface area contributed by atoms with Crippen molar-refractivity contribution in [3.05, 3.63) is 23.5 Å². The number of rotatable bonds is 1. The Kier molecular flexibility index (Phi) is 1.16. The summed E-state index contributed by atoms with van der Waals surface area (Å²) >= 11 is 0. The minimum Gasteiger partial charge on any atom is -0.421 e. The second-order valence-corrected chi connectivity index (χ2v) is 2.21. The molecule has 2 heterocycles. The van der Waals surface area contributed by atoms with Crippen molar-refractivity contribution in [1.82, 2.24) is 4.98 Å². The van der Waals surface area contributed by atoms with Gasteiger partial charge in [-0.2, -0.15) is 0 Å². The van der Waals surface area contributed by atoms with Crippen LogP contribution in [-0.2, 0) is 6.61 Å². The highest BCUT2D eigenvalue weighted by Crippen LogP contribution is 2.28. The molecule has 2 rings (SSSR count). The van der Waals surface area contributed by atoms with Gasteiger partial charge in [0.1, 0.15) is 0 Å². The first-order valence-corrected chi connectivity index (χ1v) is 3.13. The third-order valence-corrected chi connectivity index (χ3v) is 1.60. The number of aliphatic hydroxyl groups excluding tert-OH is 1. The predicted molar refractivity (Wildman–Crippen MR) is 35.1 cm³/mol. The van der Waals surface area contributed by atoms with Gasteiger partial charge in [-0.15, -0.1) is 0 Å². The molecule has 0 radical (unpaired) electrons. The number of carbonyl (C=O) groups is 1. The first kappa shape index (κ1) is 6.30. The molecule has 4 heteroatoms. The second kappa shape index (κ2) is 2.03. The maximum Gasteiger partial charge on any atom is 0.345 e. The minimum absolute atomic E-state index is 0.182. The molecule has 1 aliphatic rings. The molecule has 0 saturated heterocycles. The fraction of sp³-hybridized carbons (Fsp3) is 0.143. The van der Waals surface area contributed by atoms with Crippen LogP contribution in [0, 0.1) is 0 Å². The molecule has 56 valence electrons. The number of esters is 1. The van der Waals surface area contributed by atoms with E-state index in [0.29, 0.717) is 16.9 Å². The quantitative estimate of drug-likeness (QED) is 0.578. The van der Waals surface area contributed by atoms with Crippen molar-refractivity contribution in [1.29, 1.82) is 0 Å². The minimum atomic E-state index is -0.429. The van der Waals surface area contributed by atoms with E-state index in [1.54, 1.807) is 0 Å². The van der Waals surface area contributed by atoms with Crippen LogP contribution < -0.4 is 4.74 Å². The van der Waals surface area contributed by atoms with Gasteiger partial charge in [-0.3, -0.25) is 4.98 Å². The van der Waals surface area contributed by atoms with E-state index < -0.39 is 5.97 Å². The number of aromatic nitrogens is 1. The van der Waals surface area contributed by atoms with Crippen molar-refractivity contribution in [2.45, 2.75) is 6.61 Å². The lowest BCUT2D eigenvalue weighted by Gasteiger charge is -1.93. The highest BCUT2D eigenvalue weighted by atomic mass is 16.5. The molecule has 0 spiro atoms. The van der Waals surface area contributed by atoms with Gasteiger partial charge >= 0.3 is 5.97 Å². The second-order valence-electron chi connectivity index (χ2n) is 2.21. The summed E-state index contributed by atoms with van der Waals surface area (Å²) in [5.74, 6) is -0.0587. The molecular formula is C7H5NO3. The third kappa shape index (κ3) is 0.729. The molecule has 1 N–H and O–H groups in total. The molecule has 11 heavy (non-hydrogen) atoms. The number of ether oxygens (including phenoxy) is 1. The molecule has 0 aromatic carbocycles. The van der Waals surface area contributed by atoms with Crippen molar-refractivity contribution in [3.63, 3.8) is 0 Å². The molecule has 0 aliphatic carbocycles. The molecule has 0 amide bonds. The van der Waals surface area contributed by atoms with E-state index in [1.807, 2.05) is 0 Å². The molecule has 2 bridgehead atoms. The number of hydrogen-bond donors (Lipinski definition) is 1. The van der Waals surface area contributed by atoms with Gasteiger partial charge in [0.15, 0.2) is 5.75 Å². The Morgan fingerprint density at radius 3 is 2.91 bits per heavy atom.